The average Bonchev–Trinajstić information content (AvgIpc) is 3.42. The fourth-order valence-electron chi connectivity index (χ4n) is 5.32. The van der Waals surface area contributed by atoms with Crippen LogP contribution in [0.25, 0.3) is 11.1 Å². The van der Waals surface area contributed by atoms with Gasteiger partial charge in [0, 0.05) is 24.2 Å². The van der Waals surface area contributed by atoms with Gasteiger partial charge in [-0.2, -0.15) is 13.2 Å². The second kappa shape index (κ2) is 11.1. The minimum Gasteiger partial charge on any atom is -0.351 e. The molecule has 0 aromatic heterocycles. The molecule has 5 rings (SSSR count). The summed E-state index contributed by atoms with van der Waals surface area (Å²) >= 11 is 0. The van der Waals surface area contributed by atoms with Crippen LogP contribution in [-0.2, 0) is 37.7 Å². The Morgan fingerprint density at radius 2 is 1.77 bits per heavy atom. The third-order valence-corrected chi connectivity index (χ3v) is 7.57. The zero-order valence-electron chi connectivity index (χ0n) is 22.8. The Labute approximate surface area is 243 Å². The van der Waals surface area contributed by atoms with Gasteiger partial charge in [-0.15, -0.1) is 0 Å². The van der Waals surface area contributed by atoms with E-state index in [0.717, 1.165) is 24.0 Å². The molecule has 0 bridgehead atoms. The molecule has 13 heteroatoms. The second-order valence-corrected chi connectivity index (χ2v) is 10.4. The lowest BCUT2D eigenvalue weighted by Crippen LogP contribution is -2.51. The molecule has 1 aliphatic heterocycles. The van der Waals surface area contributed by atoms with Gasteiger partial charge in [0.15, 0.2) is 5.78 Å². The van der Waals surface area contributed by atoms with E-state index >= 15 is 0 Å². The Hall–Kier alpha value is -4.78. The number of rotatable bonds is 7. The van der Waals surface area contributed by atoms with Crippen molar-refractivity contribution in [1.82, 2.24) is 9.80 Å². The number of benzene rings is 3. The summed E-state index contributed by atoms with van der Waals surface area (Å²) in [6.07, 6.45) is -4.91. The first-order valence-electron chi connectivity index (χ1n) is 13.2. The Bertz CT molecular complexity index is 1610. The topological polar surface area (TPSA) is 122 Å². The van der Waals surface area contributed by atoms with Crippen LogP contribution >= 0.6 is 0 Å². The lowest BCUT2D eigenvalue weighted by molar-refractivity contribution is -0.187. The number of alkyl halides is 3. The van der Waals surface area contributed by atoms with Crippen molar-refractivity contribution in [2.24, 2.45) is 5.73 Å². The highest BCUT2D eigenvalue weighted by atomic mass is 19.4. The maximum absolute atomic E-state index is 13.7. The number of amides is 4. The van der Waals surface area contributed by atoms with Crippen LogP contribution in [0.15, 0.2) is 66.7 Å². The number of halogens is 4. The summed E-state index contributed by atoms with van der Waals surface area (Å²) in [4.78, 5) is 52.8. The van der Waals surface area contributed by atoms with Crippen molar-refractivity contribution in [1.29, 1.82) is 0 Å². The molecule has 2 aliphatic rings. The third-order valence-electron chi connectivity index (χ3n) is 7.57. The molecule has 43 heavy (non-hydrogen) atoms. The number of hydrogen-bond acceptors (Lipinski definition) is 5. The highest BCUT2D eigenvalue weighted by Crippen LogP contribution is 2.44. The first-order chi connectivity index (χ1) is 20.3. The first kappa shape index (κ1) is 29.7. The van der Waals surface area contributed by atoms with Crippen molar-refractivity contribution in [3.8, 4) is 11.1 Å². The van der Waals surface area contributed by atoms with Gasteiger partial charge in [-0.3, -0.25) is 14.4 Å². The molecule has 1 heterocycles. The van der Waals surface area contributed by atoms with Gasteiger partial charge in [0.1, 0.15) is 25.1 Å². The van der Waals surface area contributed by atoms with Crippen LogP contribution in [0.1, 0.15) is 23.6 Å². The van der Waals surface area contributed by atoms with Gasteiger partial charge >= 0.3 is 12.2 Å². The number of ketones is 1. The number of nitrogens with zero attached hydrogens (tertiary/aromatic N) is 2. The summed E-state index contributed by atoms with van der Waals surface area (Å²) in [5, 5.41) is 2.48. The standard InChI is InChI=1S/C30H26F4N4O5/c1-17(30(32,33)34)38(14-18-5-8-22(31)9-6-18)26(40)15-37-16-43-29(27(37)41)24-10-7-20(11-21(24)13-25(29)39)19-3-2-4-23(12-19)36-28(35)42/h2-12,17H,13-16H2,1H3,(H3,35,36,42)/t17?,29-/m1/s1. The molecule has 0 saturated carbocycles. The molecule has 1 unspecified atom stereocenters. The largest absolute Gasteiger partial charge is 0.408 e. The van der Waals surface area contributed by atoms with E-state index in [1.165, 1.54) is 12.1 Å². The quantitative estimate of drug-likeness (QED) is 0.313. The minimum atomic E-state index is -4.77. The van der Waals surface area contributed by atoms with Crippen LogP contribution in [0.2, 0.25) is 0 Å². The summed E-state index contributed by atoms with van der Waals surface area (Å²) in [6, 6.07) is 13.5. The number of nitrogens with one attached hydrogen (secondary N) is 1. The van der Waals surface area contributed by atoms with E-state index in [4.69, 9.17) is 10.5 Å². The molecule has 3 N–H and O–H groups in total. The van der Waals surface area contributed by atoms with E-state index < -0.39 is 67.1 Å². The Balaban J connectivity index is 1.38. The van der Waals surface area contributed by atoms with Gasteiger partial charge in [0.05, 0.1) is 0 Å². The monoisotopic (exact) mass is 598 g/mol. The SMILES string of the molecule is CC(N(Cc1ccc(F)cc1)C(=O)CN1CO[C@]2(C(=O)Cc3cc(-c4cccc(NC(N)=O)c4)ccc32)C1=O)C(F)(F)F. The molecule has 9 nitrogen and oxygen atoms in total. The van der Waals surface area contributed by atoms with Crippen molar-refractivity contribution < 1.29 is 41.5 Å². The number of carbonyl (C=O) groups is 4. The summed E-state index contributed by atoms with van der Waals surface area (Å²) in [6.45, 7) is -0.903. The predicted molar refractivity (Wildman–Crippen MR) is 146 cm³/mol. The van der Waals surface area contributed by atoms with Gasteiger partial charge < -0.3 is 25.6 Å². The number of anilines is 1. The van der Waals surface area contributed by atoms with Crippen molar-refractivity contribution in [3.63, 3.8) is 0 Å². The van der Waals surface area contributed by atoms with E-state index in [-0.39, 0.29) is 12.0 Å². The molecule has 1 saturated heterocycles. The number of urea groups is 1. The van der Waals surface area contributed by atoms with Crippen molar-refractivity contribution in [3.05, 3.63) is 89.2 Å². The smallest absolute Gasteiger partial charge is 0.351 e. The number of nitrogens with two attached hydrogens (primary N) is 1. The molecule has 1 aliphatic carbocycles. The Kier molecular flexibility index (Phi) is 7.69. The van der Waals surface area contributed by atoms with E-state index in [9.17, 15) is 36.7 Å². The second-order valence-electron chi connectivity index (χ2n) is 10.4. The average molecular weight is 599 g/mol. The van der Waals surface area contributed by atoms with Crippen LogP contribution in [0, 0.1) is 5.82 Å². The first-order valence-corrected chi connectivity index (χ1v) is 13.2. The number of ether oxygens (including phenoxy) is 1. The van der Waals surface area contributed by atoms with Crippen LogP contribution in [0.3, 0.4) is 0 Å². The van der Waals surface area contributed by atoms with Crippen molar-refractivity contribution in [2.45, 2.75) is 37.7 Å². The third kappa shape index (κ3) is 5.67. The molecular weight excluding hydrogens is 572 g/mol. The van der Waals surface area contributed by atoms with Crippen LogP contribution < -0.4 is 11.1 Å². The Morgan fingerprint density at radius 1 is 1.07 bits per heavy atom. The van der Waals surface area contributed by atoms with Gasteiger partial charge in [-0.25, -0.2) is 9.18 Å². The minimum absolute atomic E-state index is 0.141. The molecule has 0 radical (unpaired) electrons. The maximum atomic E-state index is 13.7. The van der Waals surface area contributed by atoms with E-state index in [1.807, 2.05) is 0 Å². The highest BCUT2D eigenvalue weighted by Gasteiger charge is 2.59. The Morgan fingerprint density at radius 3 is 2.44 bits per heavy atom. The van der Waals surface area contributed by atoms with Crippen molar-refractivity contribution in [2.75, 3.05) is 18.6 Å². The fourth-order valence-corrected chi connectivity index (χ4v) is 5.32. The van der Waals surface area contributed by atoms with E-state index in [0.29, 0.717) is 32.8 Å². The number of Topliss-reactive ketones (excluding diaryl/α,β-unsaturated/α-hetero) is 1. The lowest BCUT2D eigenvalue weighted by Gasteiger charge is -2.32. The summed E-state index contributed by atoms with van der Waals surface area (Å²) < 4.78 is 60.1. The molecule has 3 aromatic carbocycles. The molecule has 4 amide bonds. The van der Waals surface area contributed by atoms with Gasteiger partial charge in [-0.1, -0.05) is 42.5 Å². The molecule has 1 spiro atoms. The normalized spacial score (nSPS) is 18.6. The zero-order valence-corrected chi connectivity index (χ0v) is 22.8. The van der Waals surface area contributed by atoms with Crippen LogP contribution in [-0.4, -0.2) is 58.9 Å². The van der Waals surface area contributed by atoms with Gasteiger partial charge in [-0.05, 0) is 53.4 Å². The number of fused-ring (bicyclic) bond motifs is 2. The molecule has 224 valence electrons. The zero-order chi connectivity index (χ0) is 31.1. The molecule has 3 aromatic rings. The maximum Gasteiger partial charge on any atom is 0.408 e. The molecule has 1 fully saturated rings. The number of primary amides is 1. The summed E-state index contributed by atoms with van der Waals surface area (Å²) in [7, 11) is 0. The highest BCUT2D eigenvalue weighted by molar-refractivity contribution is 6.15. The van der Waals surface area contributed by atoms with Crippen LogP contribution in [0.4, 0.5) is 28.0 Å². The van der Waals surface area contributed by atoms with Gasteiger partial charge in [0.2, 0.25) is 11.5 Å². The summed E-state index contributed by atoms with van der Waals surface area (Å²) in [5.74, 6) is -3.01. The summed E-state index contributed by atoms with van der Waals surface area (Å²) in [5.41, 5.74) is 6.09. The van der Waals surface area contributed by atoms with E-state index in [1.54, 1.807) is 42.5 Å². The van der Waals surface area contributed by atoms with Gasteiger partial charge in [0.25, 0.3) is 5.91 Å². The van der Waals surface area contributed by atoms with Crippen LogP contribution in [0.5, 0.6) is 0 Å². The molecule has 2 atom stereocenters. The molecular formula is C30H26F4N4O5. The fraction of sp³-hybridized carbons (Fsp3) is 0.267. The number of carbonyl (C=O) groups excluding carboxylic acids is 4. The van der Waals surface area contributed by atoms with Crippen molar-refractivity contribution >= 4 is 29.3 Å². The predicted octanol–water partition coefficient (Wildman–Crippen LogP) is 4.10. The lowest BCUT2D eigenvalue weighted by atomic mass is 9.92. The van der Waals surface area contributed by atoms with E-state index in [2.05, 4.69) is 5.32 Å². The number of hydrogen-bond donors (Lipinski definition) is 2.